The van der Waals surface area contributed by atoms with Gasteiger partial charge in [-0.25, -0.2) is 13.1 Å². The van der Waals surface area contributed by atoms with Gasteiger partial charge in [0.1, 0.15) is 0 Å². The fourth-order valence-corrected chi connectivity index (χ4v) is 0.657. The summed E-state index contributed by atoms with van der Waals surface area (Å²) in [5.74, 6) is 0. The Hall–Kier alpha value is -0.350. The highest BCUT2D eigenvalue weighted by Gasteiger charge is 1.90. The first kappa shape index (κ1) is 7.65. The summed E-state index contributed by atoms with van der Waals surface area (Å²) >= 11 is 0. The van der Waals surface area contributed by atoms with Crippen molar-refractivity contribution in [3.63, 3.8) is 0 Å². The highest BCUT2D eigenvalue weighted by Crippen LogP contribution is 1.77. The van der Waals surface area contributed by atoms with Gasteiger partial charge in [0.15, 0.2) is 0 Å². The Morgan fingerprint density at radius 1 is 1.75 bits per heavy atom. The molecular formula is C4H9NO2S. The second kappa shape index (κ2) is 3.63. The molecule has 1 N–H and O–H groups in total. The Balaban J connectivity index is 3.54. The minimum atomic E-state index is -2.47. The third-order valence-corrected chi connectivity index (χ3v) is 1.28. The zero-order valence-electron chi connectivity index (χ0n) is 4.63. The molecule has 1 unspecified atom stereocenters. The molecule has 1 atom stereocenters. The van der Waals surface area contributed by atoms with Crippen LogP contribution in [0, 0.1) is 0 Å². The fraction of sp³-hybridized carbons (Fsp3) is 0.500. The van der Waals surface area contributed by atoms with Crippen LogP contribution >= 0.6 is 0 Å². The van der Waals surface area contributed by atoms with Crippen molar-refractivity contribution < 1.29 is 8.42 Å². The third-order valence-electron chi connectivity index (χ3n) is 0.663. The molecule has 0 aliphatic rings. The molecule has 0 amide bonds. The van der Waals surface area contributed by atoms with E-state index < -0.39 is 10.9 Å². The normalized spacial score (nSPS) is 13.8. The van der Waals surface area contributed by atoms with Crippen LogP contribution in [0.25, 0.3) is 0 Å². The van der Waals surface area contributed by atoms with Crippen LogP contribution in [-0.4, -0.2) is 14.5 Å². The molecule has 0 saturated heterocycles. The van der Waals surface area contributed by atoms with Crippen LogP contribution in [0.15, 0.2) is 12.7 Å². The molecule has 48 valence electrons. The van der Waals surface area contributed by atoms with E-state index in [1.807, 2.05) is 0 Å². The predicted octanol–water partition coefficient (Wildman–Crippen LogP) is -0.323. The lowest BCUT2D eigenvalue weighted by molar-refractivity contribution is 0.596. The van der Waals surface area contributed by atoms with Crippen LogP contribution in [0.3, 0.4) is 0 Å². The van der Waals surface area contributed by atoms with E-state index >= 15 is 0 Å². The number of hydrogen-bond acceptors (Lipinski definition) is 2. The molecule has 0 saturated carbocycles. The molecule has 8 heavy (non-hydrogen) atoms. The van der Waals surface area contributed by atoms with E-state index in [4.69, 9.17) is 0 Å². The summed E-state index contributed by atoms with van der Waals surface area (Å²) in [5, 5.41) is 0. The largest absolute Gasteiger partial charge is 0.215 e. The van der Waals surface area contributed by atoms with Crippen molar-refractivity contribution in [2.45, 2.75) is 13.0 Å². The zero-order valence-corrected chi connectivity index (χ0v) is 5.52. The number of nitrogens with one attached hydrogen (secondary N) is 1. The molecule has 0 aliphatic heterocycles. The van der Waals surface area contributed by atoms with Crippen molar-refractivity contribution in [3.05, 3.63) is 12.7 Å². The van der Waals surface area contributed by atoms with Gasteiger partial charge in [-0.15, -0.1) is 6.58 Å². The lowest BCUT2D eigenvalue weighted by atomic mass is 10.4. The molecule has 0 aromatic heterocycles. The first-order valence-corrected chi connectivity index (χ1v) is 3.37. The minimum Gasteiger partial charge on any atom is -0.215 e. The summed E-state index contributed by atoms with van der Waals surface area (Å²) in [6.45, 7) is 5.09. The summed E-state index contributed by atoms with van der Waals surface area (Å²) in [6, 6.07) is -0.156. The average molecular weight is 135 g/mol. The Labute approximate surface area is 50.5 Å². The van der Waals surface area contributed by atoms with E-state index in [2.05, 4.69) is 11.3 Å². The predicted molar refractivity (Wildman–Crippen MR) is 33.1 cm³/mol. The van der Waals surface area contributed by atoms with Crippen molar-refractivity contribution in [1.29, 1.82) is 0 Å². The van der Waals surface area contributed by atoms with Gasteiger partial charge in [-0.2, -0.15) is 0 Å². The van der Waals surface area contributed by atoms with Crippen LogP contribution in [0.5, 0.6) is 0 Å². The number of rotatable bonds is 3. The first-order valence-electron chi connectivity index (χ1n) is 2.20. The van der Waals surface area contributed by atoms with E-state index in [9.17, 15) is 8.42 Å². The molecule has 0 aromatic carbocycles. The zero-order chi connectivity index (χ0) is 6.57. The molecule has 0 bridgehead atoms. The Bertz CT molecular complexity index is 133. The number of hydrogen-bond donors (Lipinski definition) is 2. The highest BCUT2D eigenvalue weighted by atomic mass is 32.2. The molecule has 0 rings (SSSR count). The van der Waals surface area contributed by atoms with Gasteiger partial charge in [-0.3, -0.25) is 0 Å². The van der Waals surface area contributed by atoms with Gasteiger partial charge >= 0.3 is 0 Å². The SMILES string of the molecule is C=CC(C)N[SH](=O)=O. The first-order chi connectivity index (χ1) is 3.66. The Morgan fingerprint density at radius 3 is 2.38 bits per heavy atom. The van der Waals surface area contributed by atoms with Crippen molar-refractivity contribution in [2.75, 3.05) is 0 Å². The number of thiol groups is 1. The maximum absolute atomic E-state index is 9.85. The van der Waals surface area contributed by atoms with Gasteiger partial charge in [-0.05, 0) is 6.92 Å². The van der Waals surface area contributed by atoms with Crippen molar-refractivity contribution in [2.24, 2.45) is 0 Å². The van der Waals surface area contributed by atoms with Crippen molar-refractivity contribution in [3.8, 4) is 0 Å². The summed E-state index contributed by atoms with van der Waals surface area (Å²) in [7, 11) is -2.47. The van der Waals surface area contributed by atoms with Gasteiger partial charge in [0, 0.05) is 6.04 Å². The molecule has 0 radical (unpaired) electrons. The maximum atomic E-state index is 9.85. The van der Waals surface area contributed by atoms with E-state index in [1.165, 1.54) is 6.08 Å². The lowest BCUT2D eigenvalue weighted by Gasteiger charge is -1.97. The summed E-state index contributed by atoms with van der Waals surface area (Å²) in [4.78, 5) is 0. The van der Waals surface area contributed by atoms with Crippen LogP contribution in [0.2, 0.25) is 0 Å². The van der Waals surface area contributed by atoms with E-state index in [0.29, 0.717) is 0 Å². The highest BCUT2D eigenvalue weighted by molar-refractivity contribution is 7.70. The molecule has 0 aromatic rings. The van der Waals surface area contributed by atoms with Gasteiger partial charge in [0.25, 0.3) is 0 Å². The molecular weight excluding hydrogens is 126 g/mol. The van der Waals surface area contributed by atoms with E-state index in [-0.39, 0.29) is 6.04 Å². The van der Waals surface area contributed by atoms with E-state index in [1.54, 1.807) is 6.92 Å². The van der Waals surface area contributed by atoms with Crippen molar-refractivity contribution >= 4 is 10.9 Å². The maximum Gasteiger partial charge on any atom is 0.201 e. The molecule has 0 aliphatic carbocycles. The van der Waals surface area contributed by atoms with Gasteiger partial charge in [0.05, 0.1) is 0 Å². The molecule has 0 fully saturated rings. The second-order valence-electron chi connectivity index (χ2n) is 1.41. The summed E-state index contributed by atoms with van der Waals surface area (Å²) in [6.07, 6.45) is 1.52. The molecule has 4 heteroatoms. The Morgan fingerprint density at radius 2 is 2.25 bits per heavy atom. The van der Waals surface area contributed by atoms with Gasteiger partial charge in [0.2, 0.25) is 10.9 Å². The summed E-state index contributed by atoms with van der Waals surface area (Å²) in [5.41, 5.74) is 0. The van der Waals surface area contributed by atoms with Crippen LogP contribution in [0.1, 0.15) is 6.92 Å². The van der Waals surface area contributed by atoms with E-state index in [0.717, 1.165) is 0 Å². The van der Waals surface area contributed by atoms with Gasteiger partial charge < -0.3 is 0 Å². The minimum absolute atomic E-state index is 0.156. The Kier molecular flexibility index (Phi) is 3.47. The monoisotopic (exact) mass is 135 g/mol. The van der Waals surface area contributed by atoms with Crippen molar-refractivity contribution in [1.82, 2.24) is 4.72 Å². The molecule has 0 spiro atoms. The topological polar surface area (TPSA) is 46.2 Å². The standard InChI is InChI=1S/C4H9NO2S/c1-3-4(2)5-8(6)7/h3-4,8H,1H2,2H3,(H,5,6,7). The smallest absolute Gasteiger partial charge is 0.201 e. The average Bonchev–Trinajstić information content (AvgIpc) is 1.65. The van der Waals surface area contributed by atoms with Gasteiger partial charge in [-0.1, -0.05) is 6.08 Å². The van der Waals surface area contributed by atoms with Crippen LogP contribution < -0.4 is 4.72 Å². The summed E-state index contributed by atoms with van der Waals surface area (Å²) < 4.78 is 21.9. The fourth-order valence-electron chi connectivity index (χ4n) is 0.219. The lowest BCUT2D eigenvalue weighted by Crippen LogP contribution is -2.21. The van der Waals surface area contributed by atoms with Crippen LogP contribution in [-0.2, 0) is 10.9 Å². The second-order valence-corrected chi connectivity index (χ2v) is 2.18. The third kappa shape index (κ3) is 3.83. The molecule has 0 heterocycles. The quantitative estimate of drug-likeness (QED) is 0.411. The van der Waals surface area contributed by atoms with Crippen LogP contribution in [0.4, 0.5) is 0 Å². The molecule has 3 nitrogen and oxygen atoms in total.